The van der Waals surface area contributed by atoms with Gasteiger partial charge >= 0.3 is 6.03 Å². The molecule has 3 amide bonds. The van der Waals surface area contributed by atoms with Crippen molar-refractivity contribution in [1.29, 1.82) is 0 Å². The van der Waals surface area contributed by atoms with Crippen LogP contribution in [0, 0.1) is 0 Å². The van der Waals surface area contributed by atoms with Gasteiger partial charge in [0.05, 0.1) is 24.0 Å². The number of aromatic nitrogens is 2. The smallest absolute Gasteiger partial charge is 0.331 e. The predicted molar refractivity (Wildman–Crippen MR) is 100 cm³/mol. The number of para-hydroxylation sites is 1. The molecule has 0 N–H and O–H groups in total. The summed E-state index contributed by atoms with van der Waals surface area (Å²) in [5.41, 5.74) is 1.64. The summed E-state index contributed by atoms with van der Waals surface area (Å²) in [6.07, 6.45) is 3.78. The van der Waals surface area contributed by atoms with Crippen LogP contribution < -0.4 is 4.90 Å². The highest BCUT2D eigenvalue weighted by atomic mass is 16.2. The van der Waals surface area contributed by atoms with Gasteiger partial charge in [-0.05, 0) is 25.0 Å². The van der Waals surface area contributed by atoms with Gasteiger partial charge in [-0.2, -0.15) is 5.10 Å². The van der Waals surface area contributed by atoms with E-state index in [0.717, 1.165) is 37.2 Å². The number of benzene rings is 1. The number of likely N-dealkylation sites (tertiary alicyclic amines) is 1. The Kier molecular flexibility index (Phi) is 3.70. The second kappa shape index (κ2) is 6.22. The lowest BCUT2D eigenvalue weighted by molar-refractivity contribution is -0.128. The summed E-state index contributed by atoms with van der Waals surface area (Å²) in [7, 11) is 0. The molecule has 2 aromatic rings. The zero-order valence-electron chi connectivity index (χ0n) is 14.9. The van der Waals surface area contributed by atoms with Gasteiger partial charge in [0.25, 0.3) is 0 Å². The number of carbonyl (C=O) groups is 2. The molecule has 1 aromatic carbocycles. The van der Waals surface area contributed by atoms with Crippen molar-refractivity contribution in [2.24, 2.45) is 4.99 Å². The Hall–Kier alpha value is -3.16. The molecule has 0 aliphatic carbocycles. The summed E-state index contributed by atoms with van der Waals surface area (Å²) in [5.74, 6) is 1.25. The molecule has 3 aliphatic rings. The molecule has 4 heterocycles. The average Bonchev–Trinajstić information content (AvgIpc) is 3.45. The van der Waals surface area contributed by atoms with Gasteiger partial charge in [0.2, 0.25) is 5.91 Å². The van der Waals surface area contributed by atoms with Crippen molar-refractivity contribution in [3.8, 4) is 5.69 Å². The summed E-state index contributed by atoms with van der Waals surface area (Å²) in [5, 5.41) is 4.51. The number of amidine groups is 1. The molecule has 1 fully saturated rings. The van der Waals surface area contributed by atoms with Gasteiger partial charge in [-0.25, -0.2) is 9.48 Å². The van der Waals surface area contributed by atoms with Crippen molar-refractivity contribution in [2.45, 2.75) is 12.8 Å². The van der Waals surface area contributed by atoms with E-state index >= 15 is 0 Å². The average molecular weight is 364 g/mol. The molecule has 138 valence electrons. The van der Waals surface area contributed by atoms with Crippen molar-refractivity contribution < 1.29 is 9.59 Å². The maximum Gasteiger partial charge on any atom is 0.331 e. The monoisotopic (exact) mass is 364 g/mol. The molecule has 0 unspecified atom stereocenters. The van der Waals surface area contributed by atoms with Crippen LogP contribution in [0.3, 0.4) is 0 Å². The number of hydrogen-bond donors (Lipinski definition) is 0. The van der Waals surface area contributed by atoms with E-state index in [4.69, 9.17) is 0 Å². The molecule has 5 rings (SSSR count). The third-order valence-electron chi connectivity index (χ3n) is 5.30. The first-order valence-electron chi connectivity index (χ1n) is 9.29. The number of nitrogens with zero attached hydrogens (tertiary/aromatic N) is 6. The van der Waals surface area contributed by atoms with Crippen molar-refractivity contribution in [2.75, 3.05) is 37.6 Å². The maximum atomic E-state index is 13.2. The molecule has 1 saturated heterocycles. The van der Waals surface area contributed by atoms with Crippen LogP contribution in [0.1, 0.15) is 18.4 Å². The first kappa shape index (κ1) is 16.0. The van der Waals surface area contributed by atoms with Crippen molar-refractivity contribution >= 4 is 23.6 Å². The first-order valence-corrected chi connectivity index (χ1v) is 9.29. The number of aliphatic imine (C=N–C) groups is 1. The quantitative estimate of drug-likeness (QED) is 0.828. The third kappa shape index (κ3) is 2.51. The van der Waals surface area contributed by atoms with E-state index in [-0.39, 0.29) is 18.5 Å². The Balaban J connectivity index is 1.58. The van der Waals surface area contributed by atoms with Gasteiger partial charge in [0, 0.05) is 19.6 Å². The van der Waals surface area contributed by atoms with Gasteiger partial charge < -0.3 is 4.90 Å². The Bertz CT molecular complexity index is 929. The van der Waals surface area contributed by atoms with Crippen LogP contribution in [0.2, 0.25) is 0 Å². The zero-order valence-corrected chi connectivity index (χ0v) is 14.9. The molecule has 8 nitrogen and oxygen atoms in total. The second-order valence-corrected chi connectivity index (χ2v) is 6.94. The van der Waals surface area contributed by atoms with Gasteiger partial charge in [0.1, 0.15) is 12.4 Å². The molecule has 0 saturated carbocycles. The van der Waals surface area contributed by atoms with Gasteiger partial charge in [-0.1, -0.05) is 18.2 Å². The first-order chi connectivity index (χ1) is 13.2. The Morgan fingerprint density at radius 1 is 1.07 bits per heavy atom. The topological polar surface area (TPSA) is 74.0 Å². The summed E-state index contributed by atoms with van der Waals surface area (Å²) in [6, 6.07) is 9.44. The summed E-state index contributed by atoms with van der Waals surface area (Å²) in [4.78, 5) is 35.5. The lowest BCUT2D eigenvalue weighted by Crippen LogP contribution is -2.53. The predicted octanol–water partition coefficient (Wildman–Crippen LogP) is 1.50. The van der Waals surface area contributed by atoms with E-state index in [1.165, 1.54) is 0 Å². The van der Waals surface area contributed by atoms with Gasteiger partial charge in [0.15, 0.2) is 5.82 Å². The van der Waals surface area contributed by atoms with Crippen LogP contribution in [-0.4, -0.2) is 70.1 Å². The number of anilines is 1. The van der Waals surface area contributed by atoms with E-state index in [1.54, 1.807) is 20.7 Å². The van der Waals surface area contributed by atoms with E-state index in [0.29, 0.717) is 24.7 Å². The molecular weight excluding hydrogens is 344 g/mol. The lowest BCUT2D eigenvalue weighted by Gasteiger charge is -2.34. The molecular formula is C19H20N6O2. The van der Waals surface area contributed by atoms with Crippen LogP contribution in [-0.2, 0) is 4.79 Å². The number of amides is 3. The molecule has 1 aromatic heterocycles. The molecule has 3 aliphatic heterocycles. The van der Waals surface area contributed by atoms with E-state index in [9.17, 15) is 9.59 Å². The minimum absolute atomic E-state index is 0.0211. The van der Waals surface area contributed by atoms with Crippen molar-refractivity contribution in [3.63, 3.8) is 0 Å². The highest BCUT2D eigenvalue weighted by molar-refractivity contribution is 6.20. The van der Waals surface area contributed by atoms with E-state index < -0.39 is 0 Å². The number of carbonyl (C=O) groups excluding carboxylic acids is 2. The van der Waals surface area contributed by atoms with E-state index in [1.807, 2.05) is 35.2 Å². The molecule has 0 spiro atoms. The Morgan fingerprint density at radius 3 is 2.63 bits per heavy atom. The van der Waals surface area contributed by atoms with Crippen LogP contribution >= 0.6 is 0 Å². The Labute approximate surface area is 156 Å². The lowest BCUT2D eigenvalue weighted by atomic mass is 10.2. The standard InChI is InChI=1S/C19H20N6O2/c26-16(22-9-4-5-10-22)13-24-18-15(17-20-8-11-23(17)19(24)27)12-21-25(18)14-6-2-1-3-7-14/h1-3,6-7,12H,4-5,8-11,13H2. The summed E-state index contributed by atoms with van der Waals surface area (Å²) in [6.45, 7) is 2.67. The largest absolute Gasteiger partial charge is 0.341 e. The molecule has 0 bridgehead atoms. The van der Waals surface area contributed by atoms with Gasteiger partial charge in [-0.15, -0.1) is 0 Å². The summed E-state index contributed by atoms with van der Waals surface area (Å²) < 4.78 is 1.72. The van der Waals surface area contributed by atoms with Crippen LogP contribution in [0.4, 0.5) is 10.6 Å². The van der Waals surface area contributed by atoms with Crippen molar-refractivity contribution in [1.82, 2.24) is 19.6 Å². The SMILES string of the molecule is O=C(CN1C(=O)N2CCN=C2c2cnn(-c3ccccc3)c21)N1CCCC1. The summed E-state index contributed by atoms with van der Waals surface area (Å²) >= 11 is 0. The fourth-order valence-corrected chi connectivity index (χ4v) is 3.96. The number of urea groups is 1. The number of fused-ring (bicyclic) bond motifs is 3. The fraction of sp³-hybridized carbons (Fsp3) is 0.368. The molecule has 27 heavy (non-hydrogen) atoms. The van der Waals surface area contributed by atoms with Gasteiger partial charge in [-0.3, -0.25) is 19.6 Å². The third-order valence-corrected chi connectivity index (χ3v) is 5.30. The number of hydrogen-bond acceptors (Lipinski definition) is 4. The maximum absolute atomic E-state index is 13.2. The van der Waals surface area contributed by atoms with Crippen LogP contribution in [0.5, 0.6) is 0 Å². The Morgan fingerprint density at radius 2 is 1.85 bits per heavy atom. The molecule has 0 radical (unpaired) electrons. The minimum Gasteiger partial charge on any atom is -0.341 e. The van der Waals surface area contributed by atoms with Crippen molar-refractivity contribution in [3.05, 3.63) is 42.1 Å². The normalized spacial score (nSPS) is 18.6. The minimum atomic E-state index is -0.205. The highest BCUT2D eigenvalue weighted by Crippen LogP contribution is 2.33. The van der Waals surface area contributed by atoms with E-state index in [2.05, 4.69) is 10.1 Å². The highest BCUT2D eigenvalue weighted by Gasteiger charge is 2.41. The second-order valence-electron chi connectivity index (χ2n) is 6.94. The molecule has 8 heteroatoms. The zero-order chi connectivity index (χ0) is 18.4. The van der Waals surface area contributed by atoms with Crippen LogP contribution in [0.15, 0.2) is 41.5 Å². The number of rotatable bonds is 3. The fourth-order valence-electron chi connectivity index (χ4n) is 3.96. The molecule has 0 atom stereocenters. The van der Waals surface area contributed by atoms with Crippen LogP contribution in [0.25, 0.3) is 5.69 Å².